The lowest BCUT2D eigenvalue weighted by Gasteiger charge is -2.51. The standard InChI is InChI=1S/C15H30N2/c1-4-8-14-11-17(13(3)5-2)15(12-16-14)9-6-7-10-15/h13-14,16H,4-12H2,1-3H3. The van der Waals surface area contributed by atoms with E-state index < -0.39 is 0 Å². The molecule has 2 aliphatic rings. The monoisotopic (exact) mass is 238 g/mol. The molecule has 0 radical (unpaired) electrons. The van der Waals surface area contributed by atoms with Gasteiger partial charge in [0, 0.05) is 30.7 Å². The minimum atomic E-state index is 0.514. The molecular weight excluding hydrogens is 208 g/mol. The molecule has 1 aliphatic heterocycles. The van der Waals surface area contributed by atoms with Crippen LogP contribution in [0.5, 0.6) is 0 Å². The summed E-state index contributed by atoms with van der Waals surface area (Å²) in [6.45, 7) is 9.58. The summed E-state index contributed by atoms with van der Waals surface area (Å²) in [6.07, 6.45) is 9.65. The van der Waals surface area contributed by atoms with Crippen LogP contribution < -0.4 is 5.32 Å². The molecular formula is C15H30N2. The predicted molar refractivity (Wildman–Crippen MR) is 74.4 cm³/mol. The van der Waals surface area contributed by atoms with Gasteiger partial charge in [0.1, 0.15) is 0 Å². The summed E-state index contributed by atoms with van der Waals surface area (Å²) in [4.78, 5) is 2.86. The Balaban J connectivity index is 2.06. The highest BCUT2D eigenvalue weighted by Crippen LogP contribution is 2.38. The number of hydrogen-bond acceptors (Lipinski definition) is 2. The van der Waals surface area contributed by atoms with Crippen molar-refractivity contribution >= 4 is 0 Å². The molecule has 1 aliphatic carbocycles. The second-order valence-corrected chi connectivity index (χ2v) is 6.21. The summed E-state index contributed by atoms with van der Waals surface area (Å²) in [7, 11) is 0. The molecule has 2 fully saturated rings. The van der Waals surface area contributed by atoms with Crippen LogP contribution in [0.3, 0.4) is 0 Å². The molecule has 0 amide bonds. The van der Waals surface area contributed by atoms with Crippen molar-refractivity contribution in [1.82, 2.24) is 10.2 Å². The Morgan fingerprint density at radius 3 is 2.59 bits per heavy atom. The highest BCUT2D eigenvalue weighted by Gasteiger charge is 2.44. The molecule has 1 saturated heterocycles. The Hall–Kier alpha value is -0.0800. The van der Waals surface area contributed by atoms with E-state index in [1.54, 1.807) is 0 Å². The lowest BCUT2D eigenvalue weighted by Crippen LogP contribution is -2.65. The number of rotatable bonds is 4. The van der Waals surface area contributed by atoms with Gasteiger partial charge in [-0.1, -0.05) is 33.1 Å². The normalized spacial score (nSPS) is 30.9. The van der Waals surface area contributed by atoms with Crippen molar-refractivity contribution in [3.63, 3.8) is 0 Å². The van der Waals surface area contributed by atoms with Crippen molar-refractivity contribution in [2.24, 2.45) is 0 Å². The third-order valence-corrected chi connectivity index (χ3v) is 5.04. The van der Waals surface area contributed by atoms with Gasteiger partial charge in [0.2, 0.25) is 0 Å². The van der Waals surface area contributed by atoms with Crippen molar-refractivity contribution in [2.45, 2.75) is 83.3 Å². The van der Waals surface area contributed by atoms with Crippen molar-refractivity contribution in [3.8, 4) is 0 Å². The molecule has 2 nitrogen and oxygen atoms in total. The molecule has 2 atom stereocenters. The summed E-state index contributed by atoms with van der Waals surface area (Å²) in [5.74, 6) is 0. The van der Waals surface area contributed by atoms with E-state index in [0.29, 0.717) is 5.54 Å². The van der Waals surface area contributed by atoms with E-state index in [2.05, 4.69) is 31.0 Å². The number of nitrogens with zero attached hydrogens (tertiary/aromatic N) is 1. The molecule has 0 bridgehead atoms. The van der Waals surface area contributed by atoms with Gasteiger partial charge in [0.25, 0.3) is 0 Å². The first-order chi connectivity index (χ1) is 8.22. The summed E-state index contributed by atoms with van der Waals surface area (Å²) < 4.78 is 0. The van der Waals surface area contributed by atoms with E-state index in [-0.39, 0.29) is 0 Å². The molecule has 0 aromatic rings. The van der Waals surface area contributed by atoms with Gasteiger partial charge in [-0.05, 0) is 32.6 Å². The van der Waals surface area contributed by atoms with Gasteiger partial charge in [0.05, 0.1) is 0 Å². The van der Waals surface area contributed by atoms with E-state index >= 15 is 0 Å². The third kappa shape index (κ3) is 2.68. The SMILES string of the molecule is CCCC1CN(C(C)CC)C2(CCCC2)CN1. The second-order valence-electron chi connectivity index (χ2n) is 6.21. The molecule has 0 aromatic carbocycles. The van der Waals surface area contributed by atoms with Crippen LogP contribution in [-0.2, 0) is 0 Å². The molecule has 1 heterocycles. The summed E-state index contributed by atoms with van der Waals surface area (Å²) in [6, 6.07) is 1.50. The highest BCUT2D eigenvalue weighted by atomic mass is 15.3. The number of nitrogens with one attached hydrogen (secondary N) is 1. The minimum absolute atomic E-state index is 0.514. The Kier molecular flexibility index (Phi) is 4.48. The zero-order chi connectivity index (χ0) is 12.3. The van der Waals surface area contributed by atoms with Gasteiger partial charge >= 0.3 is 0 Å². The maximum atomic E-state index is 3.82. The van der Waals surface area contributed by atoms with Crippen LogP contribution in [0, 0.1) is 0 Å². The van der Waals surface area contributed by atoms with E-state index in [1.165, 1.54) is 58.0 Å². The first-order valence-electron chi connectivity index (χ1n) is 7.72. The first kappa shape index (κ1) is 13.4. The van der Waals surface area contributed by atoms with Crippen molar-refractivity contribution in [2.75, 3.05) is 13.1 Å². The van der Waals surface area contributed by atoms with Gasteiger partial charge in [-0.2, -0.15) is 0 Å². The van der Waals surface area contributed by atoms with Gasteiger partial charge in [-0.15, -0.1) is 0 Å². The minimum Gasteiger partial charge on any atom is -0.311 e. The Labute approximate surface area is 107 Å². The Morgan fingerprint density at radius 2 is 2.00 bits per heavy atom. The fraction of sp³-hybridized carbons (Fsp3) is 1.00. The average molecular weight is 238 g/mol. The number of hydrogen-bond donors (Lipinski definition) is 1. The Bertz CT molecular complexity index is 233. The fourth-order valence-corrected chi connectivity index (χ4v) is 3.84. The van der Waals surface area contributed by atoms with E-state index in [4.69, 9.17) is 0 Å². The van der Waals surface area contributed by atoms with Crippen LogP contribution in [0.2, 0.25) is 0 Å². The zero-order valence-corrected chi connectivity index (χ0v) is 12.0. The molecule has 1 spiro atoms. The molecule has 1 saturated carbocycles. The van der Waals surface area contributed by atoms with Crippen LogP contribution >= 0.6 is 0 Å². The van der Waals surface area contributed by atoms with E-state index in [9.17, 15) is 0 Å². The third-order valence-electron chi connectivity index (χ3n) is 5.04. The van der Waals surface area contributed by atoms with Crippen LogP contribution in [0.1, 0.15) is 65.7 Å². The summed E-state index contributed by atoms with van der Waals surface area (Å²) in [5.41, 5.74) is 0.514. The summed E-state index contributed by atoms with van der Waals surface area (Å²) >= 11 is 0. The molecule has 17 heavy (non-hydrogen) atoms. The quantitative estimate of drug-likeness (QED) is 0.809. The van der Waals surface area contributed by atoms with Crippen molar-refractivity contribution in [1.29, 1.82) is 0 Å². The van der Waals surface area contributed by atoms with Crippen LogP contribution in [0.25, 0.3) is 0 Å². The lowest BCUT2D eigenvalue weighted by molar-refractivity contribution is 0.00795. The summed E-state index contributed by atoms with van der Waals surface area (Å²) in [5, 5.41) is 3.82. The molecule has 2 rings (SSSR count). The maximum Gasteiger partial charge on any atom is 0.0337 e. The average Bonchev–Trinajstić information content (AvgIpc) is 2.80. The predicted octanol–water partition coefficient (Wildman–Crippen LogP) is 3.17. The topological polar surface area (TPSA) is 15.3 Å². The van der Waals surface area contributed by atoms with Gasteiger partial charge < -0.3 is 5.32 Å². The zero-order valence-electron chi connectivity index (χ0n) is 12.0. The smallest absolute Gasteiger partial charge is 0.0337 e. The van der Waals surface area contributed by atoms with Crippen molar-refractivity contribution in [3.05, 3.63) is 0 Å². The molecule has 2 unspecified atom stereocenters. The van der Waals surface area contributed by atoms with E-state index in [1.807, 2.05) is 0 Å². The molecule has 2 heteroatoms. The number of piperazine rings is 1. The van der Waals surface area contributed by atoms with Crippen LogP contribution in [-0.4, -0.2) is 35.6 Å². The second kappa shape index (κ2) is 5.71. The maximum absolute atomic E-state index is 3.82. The van der Waals surface area contributed by atoms with Gasteiger partial charge in [-0.25, -0.2) is 0 Å². The molecule has 0 aromatic heterocycles. The first-order valence-corrected chi connectivity index (χ1v) is 7.72. The molecule has 100 valence electrons. The van der Waals surface area contributed by atoms with Crippen LogP contribution in [0.15, 0.2) is 0 Å². The lowest BCUT2D eigenvalue weighted by atomic mass is 9.88. The Morgan fingerprint density at radius 1 is 1.29 bits per heavy atom. The van der Waals surface area contributed by atoms with Crippen molar-refractivity contribution < 1.29 is 0 Å². The van der Waals surface area contributed by atoms with E-state index in [0.717, 1.165) is 12.1 Å². The van der Waals surface area contributed by atoms with Gasteiger partial charge in [-0.3, -0.25) is 4.90 Å². The van der Waals surface area contributed by atoms with Gasteiger partial charge in [0.15, 0.2) is 0 Å². The molecule has 1 N–H and O–H groups in total. The van der Waals surface area contributed by atoms with Crippen LogP contribution in [0.4, 0.5) is 0 Å². The highest BCUT2D eigenvalue weighted by molar-refractivity contribution is 5.03. The largest absolute Gasteiger partial charge is 0.311 e. The fourth-order valence-electron chi connectivity index (χ4n) is 3.84.